The molecule has 30 heavy (non-hydrogen) atoms. The zero-order valence-corrected chi connectivity index (χ0v) is 18.2. The number of aliphatic hydroxyl groups excluding tert-OH is 1. The van der Waals surface area contributed by atoms with Crippen LogP contribution in [0.25, 0.3) is 0 Å². The summed E-state index contributed by atoms with van der Waals surface area (Å²) in [4.78, 5) is 15.1. The van der Waals surface area contributed by atoms with Crippen molar-refractivity contribution in [1.29, 1.82) is 0 Å². The molecule has 2 aromatic rings. The molecule has 2 aliphatic heterocycles. The lowest BCUT2D eigenvalue weighted by atomic mass is 9.84. The first-order chi connectivity index (χ1) is 14.0. The first-order valence-corrected chi connectivity index (χ1v) is 11.2. The molecule has 1 amide bonds. The quantitative estimate of drug-likeness (QED) is 0.813. The van der Waals surface area contributed by atoms with E-state index in [0.29, 0.717) is 12.1 Å². The van der Waals surface area contributed by atoms with Gasteiger partial charge in [0.2, 0.25) is 0 Å². The number of hydrogen-bond acceptors (Lipinski definition) is 4. The van der Waals surface area contributed by atoms with Crippen LogP contribution >= 0.6 is 0 Å². The highest BCUT2D eigenvalue weighted by Gasteiger charge is 2.48. The van der Waals surface area contributed by atoms with E-state index in [1.165, 1.54) is 6.07 Å². The number of sulfonamides is 1. The summed E-state index contributed by atoms with van der Waals surface area (Å²) in [6.07, 6.45) is 0. The average Bonchev–Trinajstić information content (AvgIpc) is 3.07. The normalized spacial score (nSPS) is 20.5. The topological polar surface area (TPSA) is 87.0 Å². The fraction of sp³-hybridized carbons (Fsp3) is 0.304. The highest BCUT2D eigenvalue weighted by Crippen LogP contribution is 2.40. The predicted molar refractivity (Wildman–Crippen MR) is 115 cm³/mol. The summed E-state index contributed by atoms with van der Waals surface area (Å²) in [5, 5.41) is 11.1. The smallest absolute Gasteiger partial charge is 0.283 e. The molecular formula is C23H24N2O4S. The number of hydrogen-bond donors (Lipinski definition) is 1. The second-order valence-electron chi connectivity index (χ2n) is 8.86. The van der Waals surface area contributed by atoms with E-state index in [-0.39, 0.29) is 21.9 Å². The minimum absolute atomic E-state index is 0.0220. The van der Waals surface area contributed by atoms with Gasteiger partial charge < -0.3 is 10.0 Å². The van der Waals surface area contributed by atoms with E-state index in [4.69, 9.17) is 0 Å². The van der Waals surface area contributed by atoms with Crippen molar-refractivity contribution in [1.82, 2.24) is 4.90 Å². The number of benzene rings is 2. The van der Waals surface area contributed by atoms with E-state index in [2.05, 4.69) is 4.40 Å². The molecule has 2 aliphatic rings. The van der Waals surface area contributed by atoms with Gasteiger partial charge in [-0.25, -0.2) is 0 Å². The lowest BCUT2D eigenvalue weighted by molar-refractivity contribution is -0.129. The molecule has 2 aromatic carbocycles. The molecule has 0 fully saturated rings. The number of rotatable bonds is 3. The minimum Gasteiger partial charge on any atom is -0.509 e. The van der Waals surface area contributed by atoms with E-state index in [1.807, 2.05) is 52.0 Å². The van der Waals surface area contributed by atoms with Gasteiger partial charge in [0, 0.05) is 12.1 Å². The Hall–Kier alpha value is -2.93. The average molecular weight is 425 g/mol. The summed E-state index contributed by atoms with van der Waals surface area (Å²) in [7, 11) is -3.90. The molecule has 0 aromatic heterocycles. The van der Waals surface area contributed by atoms with Gasteiger partial charge in [-0.2, -0.15) is 12.8 Å². The van der Waals surface area contributed by atoms with Gasteiger partial charge in [-0.05, 0) is 24.0 Å². The van der Waals surface area contributed by atoms with Crippen LogP contribution in [0.3, 0.4) is 0 Å². The van der Waals surface area contributed by atoms with Gasteiger partial charge in [-0.15, -0.1) is 0 Å². The number of fused-ring (bicyclic) bond motifs is 1. The van der Waals surface area contributed by atoms with Gasteiger partial charge in [0.1, 0.15) is 17.0 Å². The minimum atomic E-state index is -3.90. The maximum absolute atomic E-state index is 13.5. The molecule has 1 atom stereocenters. The maximum atomic E-state index is 13.5. The predicted octanol–water partition coefficient (Wildman–Crippen LogP) is 3.76. The van der Waals surface area contributed by atoms with Crippen molar-refractivity contribution in [2.75, 3.05) is 0 Å². The number of amides is 1. The fourth-order valence-corrected chi connectivity index (χ4v) is 5.32. The highest BCUT2D eigenvalue weighted by atomic mass is 32.2. The van der Waals surface area contributed by atoms with Crippen LogP contribution < -0.4 is 0 Å². The molecule has 6 nitrogen and oxygen atoms in total. The summed E-state index contributed by atoms with van der Waals surface area (Å²) >= 11 is 0. The number of carbonyl (C=O) groups is 1. The van der Waals surface area contributed by atoms with Crippen LogP contribution in [-0.4, -0.2) is 36.1 Å². The molecule has 0 unspecified atom stereocenters. The van der Waals surface area contributed by atoms with Gasteiger partial charge in [-0.3, -0.25) is 4.79 Å². The Morgan fingerprint density at radius 3 is 2.33 bits per heavy atom. The van der Waals surface area contributed by atoms with Gasteiger partial charge >= 0.3 is 0 Å². The van der Waals surface area contributed by atoms with Crippen molar-refractivity contribution >= 4 is 21.6 Å². The van der Waals surface area contributed by atoms with Crippen LogP contribution in [0.15, 0.2) is 69.2 Å². The van der Waals surface area contributed by atoms with E-state index in [9.17, 15) is 18.3 Å². The Balaban J connectivity index is 1.82. The Morgan fingerprint density at radius 2 is 1.70 bits per heavy atom. The SMILES string of the molecule is Cc1ccc(CN2C(=O)C(C3=NS(=O)(=O)c4ccccc43)=C(O)[C@@H]2C(C)(C)C)cc1. The van der Waals surface area contributed by atoms with E-state index >= 15 is 0 Å². The number of carbonyl (C=O) groups excluding carboxylic acids is 1. The molecule has 0 spiro atoms. The fourth-order valence-electron chi connectivity index (χ4n) is 4.09. The zero-order chi connectivity index (χ0) is 21.8. The van der Waals surface area contributed by atoms with Crippen LogP contribution in [-0.2, 0) is 21.4 Å². The van der Waals surface area contributed by atoms with E-state index < -0.39 is 27.4 Å². The largest absolute Gasteiger partial charge is 0.509 e. The molecular weight excluding hydrogens is 400 g/mol. The van der Waals surface area contributed by atoms with Crippen LogP contribution in [0.2, 0.25) is 0 Å². The maximum Gasteiger partial charge on any atom is 0.283 e. The molecule has 0 saturated heterocycles. The van der Waals surface area contributed by atoms with Crippen molar-refractivity contribution < 1.29 is 18.3 Å². The lowest BCUT2D eigenvalue weighted by Crippen LogP contribution is -2.43. The Kier molecular flexibility index (Phi) is 4.62. The van der Waals surface area contributed by atoms with Crippen LogP contribution in [0.1, 0.15) is 37.5 Å². The van der Waals surface area contributed by atoms with Gasteiger partial charge in [0.25, 0.3) is 15.9 Å². The number of aliphatic hydroxyl groups is 1. The summed E-state index contributed by atoms with van der Waals surface area (Å²) in [5.41, 5.74) is 1.91. The molecule has 0 saturated carbocycles. The Morgan fingerprint density at radius 1 is 1.07 bits per heavy atom. The van der Waals surface area contributed by atoms with Gasteiger partial charge in [0.05, 0.1) is 10.9 Å². The van der Waals surface area contributed by atoms with Crippen LogP contribution in [0.4, 0.5) is 0 Å². The molecule has 4 rings (SSSR count). The molecule has 1 N–H and O–H groups in total. The van der Waals surface area contributed by atoms with Crippen LogP contribution in [0, 0.1) is 12.3 Å². The first-order valence-electron chi connectivity index (χ1n) is 9.75. The van der Waals surface area contributed by atoms with Gasteiger partial charge in [-0.1, -0.05) is 68.8 Å². The zero-order valence-electron chi connectivity index (χ0n) is 17.4. The Bertz CT molecular complexity index is 1200. The summed E-state index contributed by atoms with van der Waals surface area (Å²) in [6, 6.07) is 13.6. The summed E-state index contributed by atoms with van der Waals surface area (Å²) in [6.45, 7) is 8.11. The van der Waals surface area contributed by atoms with Crippen molar-refractivity contribution in [3.63, 3.8) is 0 Å². The monoisotopic (exact) mass is 424 g/mol. The van der Waals surface area contributed by atoms with Crippen LogP contribution in [0.5, 0.6) is 0 Å². The molecule has 2 heterocycles. The molecule has 156 valence electrons. The van der Waals surface area contributed by atoms with E-state index in [0.717, 1.165) is 11.1 Å². The van der Waals surface area contributed by atoms with Crippen molar-refractivity contribution in [2.45, 2.75) is 45.2 Å². The summed E-state index contributed by atoms with van der Waals surface area (Å²) in [5.74, 6) is -0.552. The lowest BCUT2D eigenvalue weighted by Gasteiger charge is -2.35. The van der Waals surface area contributed by atoms with Gasteiger partial charge in [0.15, 0.2) is 0 Å². The Labute approximate surface area is 176 Å². The number of aryl methyl sites for hydroxylation is 1. The summed E-state index contributed by atoms with van der Waals surface area (Å²) < 4.78 is 28.9. The third kappa shape index (κ3) is 3.23. The third-order valence-corrected chi connectivity index (χ3v) is 6.80. The number of nitrogens with zero attached hydrogens (tertiary/aromatic N) is 2. The second-order valence-corrected chi connectivity index (χ2v) is 10.4. The highest BCUT2D eigenvalue weighted by molar-refractivity contribution is 7.90. The molecule has 0 radical (unpaired) electrons. The van der Waals surface area contributed by atoms with Crippen molar-refractivity contribution in [2.24, 2.45) is 9.81 Å². The molecule has 7 heteroatoms. The third-order valence-electron chi connectivity index (χ3n) is 5.46. The van der Waals surface area contributed by atoms with Crippen molar-refractivity contribution in [3.05, 3.63) is 76.6 Å². The van der Waals surface area contributed by atoms with E-state index in [1.54, 1.807) is 23.1 Å². The molecule has 0 bridgehead atoms. The molecule has 0 aliphatic carbocycles. The first kappa shape index (κ1) is 20.3. The standard InChI is InChI=1S/C23H24N2O4S/c1-14-9-11-15(12-10-14)13-25-21(23(2,3)4)20(26)18(22(25)27)19-16-7-5-6-8-17(16)30(28,29)24-19/h5-12,21,26H,13H2,1-4H3/t21-/m1/s1. The second kappa shape index (κ2) is 6.80. The van der Waals surface area contributed by atoms with Crippen molar-refractivity contribution in [3.8, 4) is 0 Å².